The maximum absolute atomic E-state index is 12.5. The van der Waals surface area contributed by atoms with Crippen molar-refractivity contribution in [3.63, 3.8) is 0 Å². The molecular weight excluding hydrogens is 468 g/mol. The Morgan fingerprint density at radius 3 is 3.00 bits per heavy atom. The van der Waals surface area contributed by atoms with Crippen molar-refractivity contribution in [2.24, 2.45) is 10.9 Å². The number of thiazole rings is 1. The highest BCUT2D eigenvalue weighted by Crippen LogP contribution is 2.33. The fourth-order valence-electron chi connectivity index (χ4n) is 3.70. The first-order valence-electron chi connectivity index (χ1n) is 11.2. The lowest BCUT2D eigenvalue weighted by atomic mass is 10.2. The lowest BCUT2D eigenvalue weighted by Gasteiger charge is -2.10. The molecule has 10 heteroatoms. The number of aromatic nitrogens is 2. The molecule has 8 nitrogen and oxygen atoms in total. The largest absolute Gasteiger partial charge is 0.347 e. The maximum atomic E-state index is 12.5. The van der Waals surface area contributed by atoms with Crippen LogP contribution in [-0.2, 0) is 16.1 Å². The second-order valence-corrected chi connectivity index (χ2v) is 10.8. The number of nitrogens with zero attached hydrogens (tertiary/aromatic N) is 4. The Balaban J connectivity index is 1.25. The third kappa shape index (κ3) is 5.40. The van der Waals surface area contributed by atoms with E-state index in [-0.39, 0.29) is 17.7 Å². The van der Waals surface area contributed by atoms with E-state index in [2.05, 4.69) is 62.5 Å². The van der Waals surface area contributed by atoms with Crippen molar-refractivity contribution in [2.75, 3.05) is 26.0 Å². The maximum Gasteiger partial charge on any atom is 0.264 e. The molecule has 0 bridgehead atoms. The van der Waals surface area contributed by atoms with E-state index in [4.69, 9.17) is 0 Å². The van der Waals surface area contributed by atoms with Crippen molar-refractivity contribution in [2.45, 2.75) is 25.8 Å². The molecule has 0 unspecified atom stereocenters. The van der Waals surface area contributed by atoms with Gasteiger partial charge in [0.2, 0.25) is 5.91 Å². The summed E-state index contributed by atoms with van der Waals surface area (Å²) < 4.78 is 2.26. The number of aryl methyl sites for hydroxylation is 1. The summed E-state index contributed by atoms with van der Waals surface area (Å²) in [5.41, 5.74) is 1.98. The Morgan fingerprint density at radius 2 is 2.21 bits per heavy atom. The molecule has 1 aromatic carbocycles. The lowest BCUT2D eigenvalue weighted by molar-refractivity contribution is -0.117. The topological polar surface area (TPSA) is 91.6 Å². The van der Waals surface area contributed by atoms with Gasteiger partial charge in [-0.25, -0.2) is 9.98 Å². The summed E-state index contributed by atoms with van der Waals surface area (Å²) in [6.07, 6.45) is 8.54. The summed E-state index contributed by atoms with van der Waals surface area (Å²) in [4.78, 5) is 36.8. The molecule has 2 N–H and O–H groups in total. The van der Waals surface area contributed by atoms with Crippen molar-refractivity contribution >= 4 is 67.9 Å². The molecule has 2 aromatic heterocycles. The van der Waals surface area contributed by atoms with Crippen LogP contribution in [0.5, 0.6) is 0 Å². The average molecular weight is 495 g/mol. The van der Waals surface area contributed by atoms with Gasteiger partial charge in [0, 0.05) is 35.8 Å². The van der Waals surface area contributed by atoms with E-state index in [1.807, 2.05) is 12.1 Å². The van der Waals surface area contributed by atoms with E-state index in [0.717, 1.165) is 48.3 Å². The van der Waals surface area contributed by atoms with Crippen molar-refractivity contribution < 1.29 is 9.59 Å². The zero-order valence-corrected chi connectivity index (χ0v) is 20.7. The minimum Gasteiger partial charge on any atom is -0.347 e. The van der Waals surface area contributed by atoms with Gasteiger partial charge in [0.15, 0.2) is 10.3 Å². The monoisotopic (exact) mass is 494 g/mol. The number of hydrogen-bond acceptors (Lipinski definition) is 7. The number of thioether (sulfide) groups is 1. The Bertz CT molecular complexity index is 1300. The van der Waals surface area contributed by atoms with Gasteiger partial charge in [0.25, 0.3) is 5.91 Å². The summed E-state index contributed by atoms with van der Waals surface area (Å²) in [5, 5.41) is 7.91. The molecule has 34 heavy (non-hydrogen) atoms. The number of carbonyl (C=O) groups excluding carboxylic acids is 2. The lowest BCUT2D eigenvalue weighted by Crippen LogP contribution is -2.19. The third-order valence-electron chi connectivity index (χ3n) is 5.62. The van der Waals surface area contributed by atoms with Crippen molar-refractivity contribution in [1.29, 1.82) is 0 Å². The van der Waals surface area contributed by atoms with Crippen molar-refractivity contribution in [3.8, 4) is 0 Å². The normalized spacial score (nSPS) is 18.4. The van der Waals surface area contributed by atoms with Crippen LogP contribution in [0, 0.1) is 5.92 Å². The molecule has 3 heterocycles. The van der Waals surface area contributed by atoms with E-state index in [1.165, 1.54) is 28.6 Å². The molecular formula is C24H26N6O2S2. The number of benzene rings is 1. The molecule has 1 aliphatic carbocycles. The van der Waals surface area contributed by atoms with E-state index in [9.17, 15) is 9.59 Å². The van der Waals surface area contributed by atoms with Gasteiger partial charge in [-0.3, -0.25) is 9.59 Å². The molecule has 0 radical (unpaired) electrons. The Hall–Kier alpha value is -2.95. The van der Waals surface area contributed by atoms with Crippen LogP contribution in [0.25, 0.3) is 17.0 Å². The highest BCUT2D eigenvalue weighted by Gasteiger charge is 2.30. The number of rotatable bonds is 8. The van der Waals surface area contributed by atoms with Crippen molar-refractivity contribution in [1.82, 2.24) is 19.8 Å². The van der Waals surface area contributed by atoms with E-state index in [0.29, 0.717) is 15.2 Å². The number of amidine groups is 1. The molecule has 5 rings (SSSR count). The highest BCUT2D eigenvalue weighted by atomic mass is 32.2. The highest BCUT2D eigenvalue weighted by molar-refractivity contribution is 8.18. The second-order valence-electron chi connectivity index (χ2n) is 8.72. The predicted octanol–water partition coefficient (Wildman–Crippen LogP) is 4.29. The van der Waals surface area contributed by atoms with Crippen LogP contribution in [0.2, 0.25) is 0 Å². The van der Waals surface area contributed by atoms with Gasteiger partial charge in [-0.2, -0.15) is 0 Å². The zero-order valence-electron chi connectivity index (χ0n) is 19.1. The number of fused-ring (bicyclic) bond motifs is 1. The molecule has 2 amide bonds. The first-order chi connectivity index (χ1) is 16.4. The fourth-order valence-corrected chi connectivity index (χ4v) is 5.37. The molecule has 176 valence electrons. The molecule has 2 fully saturated rings. The van der Waals surface area contributed by atoms with Gasteiger partial charge in [-0.05, 0) is 82.0 Å². The number of aliphatic imine (C=N–C) groups is 1. The van der Waals surface area contributed by atoms with E-state index in [1.54, 1.807) is 12.3 Å². The molecule has 0 atom stereocenters. The van der Waals surface area contributed by atoms with Gasteiger partial charge < -0.3 is 20.1 Å². The molecule has 1 saturated carbocycles. The summed E-state index contributed by atoms with van der Waals surface area (Å²) in [6, 6.07) is 8.20. The summed E-state index contributed by atoms with van der Waals surface area (Å²) in [6.45, 7) is 2.02. The quantitative estimate of drug-likeness (QED) is 0.456. The molecule has 1 aliphatic heterocycles. The van der Waals surface area contributed by atoms with Gasteiger partial charge in [0.1, 0.15) is 0 Å². The molecule has 0 spiro atoms. The van der Waals surface area contributed by atoms with E-state index >= 15 is 0 Å². The standard InChI is InChI=1S/C24H26N6O2S2/c1-29(2)9-3-10-30-11-8-16-12-17(6-7-19(16)30)26-24-28-22(32)20(34-24)13-18-14-25-23(33-18)27-21(31)15-4-5-15/h6-8,11-15H,3-5,9-10H2,1-2H3,(H,25,27,31)(H,26,28,32)/b20-13-. The third-order valence-corrected chi connectivity index (χ3v) is 7.39. The zero-order chi connectivity index (χ0) is 23.7. The smallest absolute Gasteiger partial charge is 0.264 e. The van der Waals surface area contributed by atoms with Crippen LogP contribution in [0.1, 0.15) is 24.1 Å². The molecule has 1 saturated heterocycles. The van der Waals surface area contributed by atoms with E-state index < -0.39 is 0 Å². The minimum absolute atomic E-state index is 0.0248. The fraction of sp³-hybridized carbons (Fsp3) is 0.333. The first-order valence-corrected chi connectivity index (χ1v) is 12.9. The molecule has 3 aromatic rings. The number of anilines is 1. The number of nitrogens with one attached hydrogen (secondary N) is 2. The second kappa shape index (κ2) is 9.73. The van der Waals surface area contributed by atoms with Gasteiger partial charge in [0.05, 0.1) is 15.5 Å². The Labute approximate surface area is 206 Å². The SMILES string of the molecule is CN(C)CCCn1ccc2cc(N=C3NC(=O)/C(=C/c4cnc(NC(=O)C5CC5)s4)S3)ccc21. The summed E-state index contributed by atoms with van der Waals surface area (Å²) in [5.74, 6) is -0.0350. The first kappa shape index (κ1) is 22.8. The Morgan fingerprint density at radius 1 is 1.35 bits per heavy atom. The van der Waals surface area contributed by atoms with Crippen LogP contribution in [-0.4, -0.2) is 52.1 Å². The van der Waals surface area contributed by atoms with Crippen LogP contribution < -0.4 is 10.6 Å². The summed E-state index contributed by atoms with van der Waals surface area (Å²) in [7, 11) is 4.17. The average Bonchev–Trinajstić information content (AvgIpc) is 3.32. The summed E-state index contributed by atoms with van der Waals surface area (Å²) >= 11 is 2.66. The number of amides is 2. The van der Waals surface area contributed by atoms with Crippen molar-refractivity contribution in [3.05, 3.63) is 46.4 Å². The van der Waals surface area contributed by atoms with Crippen LogP contribution in [0.4, 0.5) is 10.8 Å². The minimum atomic E-state index is -0.186. The Kier molecular flexibility index (Phi) is 6.53. The van der Waals surface area contributed by atoms with Crippen LogP contribution >= 0.6 is 23.1 Å². The van der Waals surface area contributed by atoms with Crippen LogP contribution in [0.3, 0.4) is 0 Å². The van der Waals surface area contributed by atoms with Gasteiger partial charge in [-0.15, -0.1) is 0 Å². The van der Waals surface area contributed by atoms with Crippen LogP contribution in [0.15, 0.2) is 46.6 Å². The number of hydrogen-bond donors (Lipinski definition) is 2. The number of carbonyl (C=O) groups is 2. The van der Waals surface area contributed by atoms with Gasteiger partial charge >= 0.3 is 0 Å². The molecule has 2 aliphatic rings. The van der Waals surface area contributed by atoms with Gasteiger partial charge in [-0.1, -0.05) is 11.3 Å². The predicted molar refractivity (Wildman–Crippen MR) is 139 cm³/mol.